The number of fused-ring (bicyclic) bond motifs is 1. The molecule has 0 aliphatic carbocycles. The lowest BCUT2D eigenvalue weighted by molar-refractivity contribution is 0.0978. The predicted molar refractivity (Wildman–Crippen MR) is 67.3 cm³/mol. The van der Waals surface area contributed by atoms with Gasteiger partial charge in [0.05, 0.1) is 23.7 Å². The number of benzene rings is 1. The summed E-state index contributed by atoms with van der Waals surface area (Å²) >= 11 is 0. The normalized spacial score (nSPS) is 10.6. The van der Waals surface area contributed by atoms with Crippen molar-refractivity contribution in [1.82, 2.24) is 9.97 Å². The van der Waals surface area contributed by atoms with E-state index in [-0.39, 0.29) is 11.6 Å². The van der Waals surface area contributed by atoms with Gasteiger partial charge >= 0.3 is 0 Å². The lowest BCUT2D eigenvalue weighted by atomic mass is 10.1. The Bertz CT molecular complexity index is 602. The Hall–Kier alpha value is -2.17. The van der Waals surface area contributed by atoms with Crippen molar-refractivity contribution in [2.75, 3.05) is 7.11 Å². The highest BCUT2D eigenvalue weighted by Crippen LogP contribution is 2.26. The lowest BCUT2D eigenvalue weighted by Crippen LogP contribution is -2.01. The van der Waals surface area contributed by atoms with Gasteiger partial charge in [-0.15, -0.1) is 0 Å². The highest BCUT2D eigenvalue weighted by molar-refractivity contribution is 6.02. The molecule has 0 spiro atoms. The Labute approximate surface area is 104 Å². The first kappa shape index (κ1) is 12.3. The lowest BCUT2D eigenvalue weighted by Gasteiger charge is -2.06. The van der Waals surface area contributed by atoms with Gasteiger partial charge in [-0.25, -0.2) is 4.98 Å². The van der Waals surface area contributed by atoms with Crippen LogP contribution in [0.15, 0.2) is 12.1 Å². The van der Waals surface area contributed by atoms with Crippen molar-refractivity contribution in [2.45, 2.75) is 19.8 Å². The zero-order valence-electron chi connectivity index (χ0n) is 10.3. The number of methoxy groups -OCH3 is 1. The number of carbonyl (C=O) groups excluding carboxylic acids is 2. The minimum absolute atomic E-state index is 0.0264. The number of imidazole rings is 1. The summed E-state index contributed by atoms with van der Waals surface area (Å²) in [5, 5.41) is 0. The molecule has 5 heteroatoms. The van der Waals surface area contributed by atoms with Crippen LogP contribution in [0, 0.1) is 0 Å². The van der Waals surface area contributed by atoms with Crippen LogP contribution in [-0.2, 0) is 0 Å². The first-order valence-electron chi connectivity index (χ1n) is 5.75. The van der Waals surface area contributed by atoms with E-state index in [0.717, 1.165) is 6.42 Å². The average Bonchev–Trinajstić information content (AvgIpc) is 2.79. The highest BCUT2D eigenvalue weighted by atomic mass is 16.5. The van der Waals surface area contributed by atoms with Gasteiger partial charge in [0.2, 0.25) is 0 Å². The Morgan fingerprint density at radius 3 is 2.89 bits per heavy atom. The number of nitrogens with one attached hydrogen (secondary N) is 1. The van der Waals surface area contributed by atoms with Gasteiger partial charge in [0.1, 0.15) is 5.75 Å². The molecule has 1 aromatic carbocycles. The second kappa shape index (κ2) is 5.00. The molecule has 0 fully saturated rings. The van der Waals surface area contributed by atoms with E-state index in [0.29, 0.717) is 35.1 Å². The molecule has 0 bridgehead atoms. The van der Waals surface area contributed by atoms with E-state index in [2.05, 4.69) is 9.97 Å². The fraction of sp³-hybridized carbons (Fsp3) is 0.308. The van der Waals surface area contributed by atoms with Crippen LogP contribution >= 0.6 is 0 Å². The van der Waals surface area contributed by atoms with Crippen LogP contribution in [-0.4, -0.2) is 29.1 Å². The summed E-state index contributed by atoms with van der Waals surface area (Å²) in [7, 11) is 1.51. The van der Waals surface area contributed by atoms with E-state index in [9.17, 15) is 9.59 Å². The van der Waals surface area contributed by atoms with Gasteiger partial charge in [-0.3, -0.25) is 9.59 Å². The third-order valence-electron chi connectivity index (χ3n) is 2.71. The van der Waals surface area contributed by atoms with E-state index in [4.69, 9.17) is 4.74 Å². The van der Waals surface area contributed by atoms with Gasteiger partial charge in [-0.05, 0) is 12.5 Å². The second-order valence-electron chi connectivity index (χ2n) is 3.98. The number of aldehydes is 1. The van der Waals surface area contributed by atoms with Crippen LogP contribution in [0.2, 0.25) is 0 Å². The summed E-state index contributed by atoms with van der Waals surface area (Å²) < 4.78 is 5.20. The summed E-state index contributed by atoms with van der Waals surface area (Å²) in [6.07, 6.45) is 1.89. The Balaban J connectivity index is 2.57. The van der Waals surface area contributed by atoms with Crippen molar-refractivity contribution in [3.63, 3.8) is 0 Å². The van der Waals surface area contributed by atoms with Gasteiger partial charge in [0.25, 0.3) is 0 Å². The van der Waals surface area contributed by atoms with Gasteiger partial charge in [0.15, 0.2) is 17.9 Å². The quantitative estimate of drug-likeness (QED) is 0.649. The molecule has 2 rings (SSSR count). The molecule has 0 amide bonds. The third kappa shape index (κ3) is 2.11. The van der Waals surface area contributed by atoms with Crippen LogP contribution in [0.5, 0.6) is 5.75 Å². The van der Waals surface area contributed by atoms with Crippen LogP contribution in [0.4, 0.5) is 0 Å². The van der Waals surface area contributed by atoms with E-state index in [1.807, 2.05) is 6.92 Å². The van der Waals surface area contributed by atoms with E-state index in [1.54, 1.807) is 12.1 Å². The topological polar surface area (TPSA) is 72.0 Å². The van der Waals surface area contributed by atoms with E-state index < -0.39 is 0 Å². The third-order valence-corrected chi connectivity index (χ3v) is 2.71. The molecular weight excluding hydrogens is 232 g/mol. The minimum atomic E-state index is 0.0264. The smallest absolute Gasteiger partial charge is 0.185 e. The van der Waals surface area contributed by atoms with Crippen molar-refractivity contribution in [3.8, 4) is 5.75 Å². The standard InChI is InChI=1S/C13H14N2O3/c1-3-4-11(17)8-5-9-10(6-12(8)18-2)15-13(7-16)14-9/h5-7H,3-4H2,1-2H3,(H,14,15). The summed E-state index contributed by atoms with van der Waals surface area (Å²) in [6.45, 7) is 1.95. The van der Waals surface area contributed by atoms with Gasteiger partial charge in [-0.2, -0.15) is 0 Å². The number of nitrogens with zero attached hydrogens (tertiary/aromatic N) is 1. The number of ketones is 1. The molecule has 94 valence electrons. The van der Waals surface area contributed by atoms with E-state index >= 15 is 0 Å². The molecule has 2 aromatic rings. The molecule has 1 N–H and O–H groups in total. The van der Waals surface area contributed by atoms with Crippen LogP contribution in [0.25, 0.3) is 11.0 Å². The zero-order chi connectivity index (χ0) is 13.1. The molecule has 0 unspecified atom stereocenters. The number of hydrogen-bond acceptors (Lipinski definition) is 4. The number of H-pyrrole nitrogens is 1. The van der Waals surface area contributed by atoms with Crippen molar-refractivity contribution >= 4 is 23.1 Å². The van der Waals surface area contributed by atoms with Crippen molar-refractivity contribution in [2.24, 2.45) is 0 Å². The van der Waals surface area contributed by atoms with Gasteiger partial charge in [-0.1, -0.05) is 6.92 Å². The Morgan fingerprint density at radius 2 is 2.28 bits per heavy atom. The molecule has 0 radical (unpaired) electrons. The molecule has 0 aliphatic heterocycles. The monoisotopic (exact) mass is 246 g/mol. The molecule has 0 saturated heterocycles. The first-order valence-corrected chi connectivity index (χ1v) is 5.75. The SMILES string of the molecule is CCCC(=O)c1cc2[nH]c(C=O)nc2cc1OC. The van der Waals surface area contributed by atoms with Crippen molar-refractivity contribution in [1.29, 1.82) is 0 Å². The summed E-state index contributed by atoms with van der Waals surface area (Å²) in [6, 6.07) is 3.36. The van der Waals surface area contributed by atoms with Crippen LogP contribution < -0.4 is 4.74 Å². The predicted octanol–water partition coefficient (Wildman–Crippen LogP) is 2.37. The molecule has 0 atom stereocenters. The highest BCUT2D eigenvalue weighted by Gasteiger charge is 2.14. The van der Waals surface area contributed by atoms with Crippen LogP contribution in [0.1, 0.15) is 40.7 Å². The number of aromatic amines is 1. The number of aromatic nitrogens is 2. The van der Waals surface area contributed by atoms with Crippen molar-refractivity contribution in [3.05, 3.63) is 23.5 Å². The molecule has 1 heterocycles. The summed E-state index contributed by atoms with van der Waals surface area (Å²) in [5.41, 5.74) is 1.80. The maximum Gasteiger partial charge on any atom is 0.185 e. The Kier molecular flexibility index (Phi) is 3.41. The molecule has 0 saturated carbocycles. The maximum atomic E-state index is 12.0. The van der Waals surface area contributed by atoms with Crippen LogP contribution in [0.3, 0.4) is 0 Å². The minimum Gasteiger partial charge on any atom is -0.496 e. The fourth-order valence-electron chi connectivity index (χ4n) is 1.86. The molecular formula is C13H14N2O3. The number of Topliss-reactive ketones (excluding diaryl/α,β-unsaturated/α-hetero) is 1. The zero-order valence-corrected chi connectivity index (χ0v) is 10.3. The maximum absolute atomic E-state index is 12.0. The van der Waals surface area contributed by atoms with Gasteiger partial charge in [0, 0.05) is 12.5 Å². The molecule has 5 nitrogen and oxygen atoms in total. The Morgan fingerprint density at radius 1 is 1.50 bits per heavy atom. The van der Waals surface area contributed by atoms with Gasteiger partial charge < -0.3 is 9.72 Å². The summed E-state index contributed by atoms with van der Waals surface area (Å²) in [5.74, 6) is 0.760. The average molecular weight is 246 g/mol. The number of carbonyl (C=O) groups is 2. The van der Waals surface area contributed by atoms with Crippen molar-refractivity contribution < 1.29 is 14.3 Å². The van der Waals surface area contributed by atoms with E-state index in [1.165, 1.54) is 7.11 Å². The largest absolute Gasteiger partial charge is 0.496 e. The number of ether oxygens (including phenoxy) is 1. The summed E-state index contributed by atoms with van der Waals surface area (Å²) in [4.78, 5) is 29.5. The number of hydrogen-bond donors (Lipinski definition) is 1. The molecule has 0 aliphatic rings. The first-order chi connectivity index (χ1) is 8.69. The molecule has 18 heavy (non-hydrogen) atoms. The number of rotatable bonds is 5. The molecule has 1 aromatic heterocycles. The fourth-order valence-corrected chi connectivity index (χ4v) is 1.86. The second-order valence-corrected chi connectivity index (χ2v) is 3.98.